The Morgan fingerprint density at radius 1 is 1.04 bits per heavy atom. The molecule has 1 amide bonds. The van der Waals surface area contributed by atoms with Gasteiger partial charge in [-0.2, -0.15) is 0 Å². The van der Waals surface area contributed by atoms with Crippen molar-refractivity contribution < 1.29 is 9.53 Å². The molecule has 0 aliphatic carbocycles. The van der Waals surface area contributed by atoms with Gasteiger partial charge >= 0.3 is 6.09 Å². The van der Waals surface area contributed by atoms with E-state index < -0.39 is 5.60 Å². The molecule has 138 valence electrons. The first kappa shape index (κ1) is 22.1. The van der Waals surface area contributed by atoms with Crippen molar-refractivity contribution in [1.82, 2.24) is 16.0 Å². The van der Waals surface area contributed by atoms with Crippen LogP contribution in [0.1, 0.15) is 46.5 Å². The fraction of sp³-hybridized carbons (Fsp3) is 0.938. The van der Waals surface area contributed by atoms with Crippen LogP contribution in [0.25, 0.3) is 0 Å². The molecule has 7 heteroatoms. The van der Waals surface area contributed by atoms with Gasteiger partial charge in [0.05, 0.1) is 0 Å². The predicted octanol–water partition coefficient (Wildman–Crippen LogP) is 0.537. The molecule has 0 rings (SSSR count). The molecule has 0 aliphatic heterocycles. The fourth-order valence-electron chi connectivity index (χ4n) is 2.03. The summed E-state index contributed by atoms with van der Waals surface area (Å²) in [4.78, 5) is 11.7. The summed E-state index contributed by atoms with van der Waals surface area (Å²) in [6, 6.07) is 0.227. The third kappa shape index (κ3) is 15.8. The van der Waals surface area contributed by atoms with Crippen LogP contribution in [0.2, 0.25) is 0 Å². The molecule has 0 spiro atoms. The fourth-order valence-corrected chi connectivity index (χ4v) is 2.03. The molecule has 1 unspecified atom stereocenters. The van der Waals surface area contributed by atoms with E-state index in [0.29, 0.717) is 13.1 Å². The van der Waals surface area contributed by atoms with Crippen LogP contribution < -0.4 is 27.4 Å². The van der Waals surface area contributed by atoms with Crippen LogP contribution in [0.5, 0.6) is 0 Å². The summed E-state index contributed by atoms with van der Waals surface area (Å²) in [6.07, 6.45) is 3.58. The Labute approximate surface area is 141 Å². The zero-order chi connectivity index (χ0) is 17.6. The van der Waals surface area contributed by atoms with Crippen molar-refractivity contribution in [3.05, 3.63) is 0 Å². The SMILES string of the molecule is CC(C)(C)OC(=O)NCC(CCCNCCCN)NCCCN. The van der Waals surface area contributed by atoms with Gasteiger partial charge < -0.3 is 32.2 Å². The highest BCUT2D eigenvalue weighted by Crippen LogP contribution is 2.06. The Morgan fingerprint density at radius 3 is 2.26 bits per heavy atom. The minimum atomic E-state index is -0.473. The minimum Gasteiger partial charge on any atom is -0.444 e. The zero-order valence-electron chi connectivity index (χ0n) is 15.1. The van der Waals surface area contributed by atoms with Crippen LogP contribution in [0.4, 0.5) is 4.79 Å². The molecular formula is C16H37N5O2. The largest absolute Gasteiger partial charge is 0.444 e. The highest BCUT2D eigenvalue weighted by atomic mass is 16.6. The van der Waals surface area contributed by atoms with E-state index in [1.54, 1.807) is 0 Å². The molecule has 7 N–H and O–H groups in total. The van der Waals surface area contributed by atoms with E-state index in [4.69, 9.17) is 16.2 Å². The Hall–Kier alpha value is -0.890. The molecule has 0 aromatic heterocycles. The van der Waals surface area contributed by atoms with Crippen LogP contribution in [0.3, 0.4) is 0 Å². The summed E-state index contributed by atoms with van der Waals surface area (Å²) in [6.45, 7) is 10.3. The second kappa shape index (κ2) is 13.5. The van der Waals surface area contributed by atoms with Crippen LogP contribution in [-0.2, 0) is 4.74 Å². The highest BCUT2D eigenvalue weighted by Gasteiger charge is 2.17. The number of alkyl carbamates (subject to hydrolysis) is 1. The zero-order valence-corrected chi connectivity index (χ0v) is 15.1. The molecule has 0 saturated carbocycles. The van der Waals surface area contributed by atoms with Crippen molar-refractivity contribution in [2.45, 2.75) is 58.1 Å². The monoisotopic (exact) mass is 331 g/mol. The van der Waals surface area contributed by atoms with Crippen molar-refractivity contribution in [1.29, 1.82) is 0 Å². The highest BCUT2D eigenvalue weighted by molar-refractivity contribution is 5.67. The lowest BCUT2D eigenvalue weighted by Crippen LogP contribution is -2.43. The Kier molecular flexibility index (Phi) is 13.0. The van der Waals surface area contributed by atoms with Gasteiger partial charge in [0.1, 0.15) is 5.60 Å². The molecule has 1 atom stereocenters. The molecule has 0 aliphatic rings. The van der Waals surface area contributed by atoms with Crippen LogP contribution in [-0.4, -0.2) is 57.0 Å². The van der Waals surface area contributed by atoms with E-state index in [0.717, 1.165) is 51.9 Å². The maximum Gasteiger partial charge on any atom is 0.407 e. The number of carbonyl (C=O) groups is 1. The predicted molar refractivity (Wildman–Crippen MR) is 95.5 cm³/mol. The van der Waals surface area contributed by atoms with Crippen LogP contribution in [0, 0.1) is 0 Å². The topological polar surface area (TPSA) is 114 Å². The van der Waals surface area contributed by atoms with E-state index in [1.807, 2.05) is 20.8 Å². The van der Waals surface area contributed by atoms with Crippen molar-refractivity contribution in [3.8, 4) is 0 Å². The number of nitrogens with one attached hydrogen (secondary N) is 3. The third-order valence-corrected chi connectivity index (χ3v) is 3.17. The van der Waals surface area contributed by atoms with Gasteiger partial charge in [0, 0.05) is 12.6 Å². The average Bonchev–Trinajstić information content (AvgIpc) is 2.46. The maximum absolute atomic E-state index is 11.7. The molecule has 23 heavy (non-hydrogen) atoms. The van der Waals surface area contributed by atoms with Crippen molar-refractivity contribution in [2.75, 3.05) is 39.3 Å². The molecule has 0 saturated heterocycles. The van der Waals surface area contributed by atoms with Gasteiger partial charge in [-0.05, 0) is 79.2 Å². The first-order valence-corrected chi connectivity index (χ1v) is 8.70. The minimum absolute atomic E-state index is 0.227. The van der Waals surface area contributed by atoms with Gasteiger partial charge in [-0.15, -0.1) is 0 Å². The molecule has 0 aromatic rings. The van der Waals surface area contributed by atoms with E-state index in [-0.39, 0.29) is 12.1 Å². The second-order valence-corrected chi connectivity index (χ2v) is 6.71. The molecular weight excluding hydrogens is 294 g/mol. The summed E-state index contributed by atoms with van der Waals surface area (Å²) >= 11 is 0. The molecule has 7 nitrogen and oxygen atoms in total. The van der Waals surface area contributed by atoms with Gasteiger partial charge in [0.15, 0.2) is 0 Å². The molecule has 0 radical (unpaired) electrons. The number of nitrogens with two attached hydrogens (primary N) is 2. The van der Waals surface area contributed by atoms with Crippen LogP contribution >= 0.6 is 0 Å². The number of carbonyl (C=O) groups excluding carboxylic acids is 1. The standard InChI is InChI=1S/C16H37N5O2/c1-16(2,3)23-15(22)21-13-14(20-12-6-9-18)7-4-10-19-11-5-8-17/h14,19-20H,4-13,17-18H2,1-3H3,(H,21,22). The first-order chi connectivity index (χ1) is 10.9. The number of amides is 1. The number of rotatable bonds is 13. The lowest BCUT2D eigenvalue weighted by molar-refractivity contribution is 0.0521. The van der Waals surface area contributed by atoms with Crippen LogP contribution in [0.15, 0.2) is 0 Å². The van der Waals surface area contributed by atoms with Crippen molar-refractivity contribution in [3.63, 3.8) is 0 Å². The molecule has 0 bridgehead atoms. The first-order valence-electron chi connectivity index (χ1n) is 8.70. The summed E-state index contributed by atoms with van der Waals surface area (Å²) < 4.78 is 5.26. The lowest BCUT2D eigenvalue weighted by Gasteiger charge is -2.23. The maximum atomic E-state index is 11.7. The van der Waals surface area contributed by atoms with E-state index >= 15 is 0 Å². The van der Waals surface area contributed by atoms with E-state index in [2.05, 4.69) is 16.0 Å². The smallest absolute Gasteiger partial charge is 0.407 e. The van der Waals surface area contributed by atoms with Gasteiger partial charge in [0.2, 0.25) is 0 Å². The normalized spacial score (nSPS) is 12.9. The summed E-state index contributed by atoms with van der Waals surface area (Å²) in [5.74, 6) is 0. The lowest BCUT2D eigenvalue weighted by atomic mass is 10.1. The number of ether oxygens (including phenoxy) is 1. The Bertz CT molecular complexity index is 295. The van der Waals surface area contributed by atoms with Crippen molar-refractivity contribution in [2.24, 2.45) is 11.5 Å². The third-order valence-electron chi connectivity index (χ3n) is 3.17. The molecule has 0 fully saturated rings. The van der Waals surface area contributed by atoms with E-state index in [9.17, 15) is 4.79 Å². The van der Waals surface area contributed by atoms with Gasteiger partial charge in [-0.1, -0.05) is 0 Å². The summed E-state index contributed by atoms with van der Waals surface area (Å²) in [5, 5.41) is 9.64. The summed E-state index contributed by atoms with van der Waals surface area (Å²) in [5.41, 5.74) is 10.5. The Morgan fingerprint density at radius 2 is 1.65 bits per heavy atom. The number of hydrogen-bond donors (Lipinski definition) is 5. The second-order valence-electron chi connectivity index (χ2n) is 6.71. The average molecular weight is 332 g/mol. The quantitative estimate of drug-likeness (QED) is 0.315. The molecule has 0 aromatic carbocycles. The summed E-state index contributed by atoms with van der Waals surface area (Å²) in [7, 11) is 0. The van der Waals surface area contributed by atoms with Gasteiger partial charge in [-0.25, -0.2) is 4.79 Å². The Balaban J connectivity index is 4.00. The number of hydrogen-bond acceptors (Lipinski definition) is 6. The van der Waals surface area contributed by atoms with Gasteiger partial charge in [0.25, 0.3) is 0 Å². The van der Waals surface area contributed by atoms with E-state index in [1.165, 1.54) is 0 Å². The molecule has 0 heterocycles. The van der Waals surface area contributed by atoms with Gasteiger partial charge in [-0.3, -0.25) is 0 Å². The van der Waals surface area contributed by atoms with Crippen molar-refractivity contribution >= 4 is 6.09 Å².